The van der Waals surface area contributed by atoms with E-state index >= 15 is 0 Å². The van der Waals surface area contributed by atoms with Crippen LogP contribution < -0.4 is 4.74 Å². The van der Waals surface area contributed by atoms with Crippen molar-refractivity contribution in [2.24, 2.45) is 0 Å². The van der Waals surface area contributed by atoms with Gasteiger partial charge in [0.1, 0.15) is 11.6 Å². The number of hydrogen-bond acceptors (Lipinski definition) is 2. The van der Waals surface area contributed by atoms with Gasteiger partial charge in [-0.15, -0.1) is 0 Å². The van der Waals surface area contributed by atoms with Gasteiger partial charge in [0.15, 0.2) is 0 Å². The van der Waals surface area contributed by atoms with Crippen molar-refractivity contribution in [1.29, 1.82) is 0 Å². The number of halogens is 1. The maximum absolute atomic E-state index is 6.21. The summed E-state index contributed by atoms with van der Waals surface area (Å²) in [5.74, 6) is 2.45. The predicted octanol–water partition coefficient (Wildman–Crippen LogP) is 7.37. The number of para-hydroxylation sites is 2. The van der Waals surface area contributed by atoms with Crippen LogP contribution in [0.25, 0.3) is 22.4 Å². The Hall–Kier alpha value is -2.59. The third kappa shape index (κ3) is 4.44. The highest BCUT2D eigenvalue weighted by atomic mass is 79.9. The summed E-state index contributed by atoms with van der Waals surface area (Å²) < 4.78 is 9.58. The average molecular weight is 463 g/mol. The lowest BCUT2D eigenvalue weighted by molar-refractivity contribution is 0.298. The van der Waals surface area contributed by atoms with Crippen molar-refractivity contribution in [3.05, 3.63) is 82.3 Å². The van der Waals surface area contributed by atoms with Crippen LogP contribution in [0, 0.1) is 6.92 Å². The zero-order valence-corrected chi connectivity index (χ0v) is 19.3. The van der Waals surface area contributed by atoms with Crippen LogP contribution in [0.2, 0.25) is 0 Å². The van der Waals surface area contributed by atoms with E-state index < -0.39 is 0 Å². The van der Waals surface area contributed by atoms with Crippen LogP contribution in [0.4, 0.5) is 0 Å². The minimum absolute atomic E-state index is 0.446. The molecule has 0 spiro atoms. The molecule has 0 atom stereocenters. The van der Waals surface area contributed by atoms with E-state index in [0.29, 0.717) is 12.5 Å². The number of imidazole rings is 1. The van der Waals surface area contributed by atoms with E-state index in [4.69, 9.17) is 9.72 Å². The zero-order chi connectivity index (χ0) is 21.1. The largest absolute Gasteiger partial charge is 0.493 e. The summed E-state index contributed by atoms with van der Waals surface area (Å²) >= 11 is 3.58. The van der Waals surface area contributed by atoms with Crippen LogP contribution in [-0.2, 0) is 6.54 Å². The van der Waals surface area contributed by atoms with Crippen molar-refractivity contribution >= 4 is 27.0 Å². The Morgan fingerprint density at radius 3 is 2.63 bits per heavy atom. The van der Waals surface area contributed by atoms with Gasteiger partial charge in [-0.05, 0) is 60.7 Å². The van der Waals surface area contributed by atoms with Gasteiger partial charge in [-0.1, -0.05) is 66.2 Å². The normalized spacial score (nSPS) is 11.4. The Kier molecular flexibility index (Phi) is 6.24. The van der Waals surface area contributed by atoms with E-state index in [9.17, 15) is 0 Å². The number of nitrogens with zero attached hydrogens (tertiary/aromatic N) is 2. The third-order valence-electron chi connectivity index (χ3n) is 5.31. The smallest absolute Gasteiger partial charge is 0.141 e. The highest BCUT2D eigenvalue weighted by Crippen LogP contribution is 2.29. The Morgan fingerprint density at radius 2 is 1.83 bits per heavy atom. The number of aromatic nitrogens is 2. The monoisotopic (exact) mass is 462 g/mol. The van der Waals surface area contributed by atoms with Gasteiger partial charge in [0.25, 0.3) is 0 Å². The molecule has 0 N–H and O–H groups in total. The van der Waals surface area contributed by atoms with Crippen LogP contribution in [-0.4, -0.2) is 16.2 Å². The van der Waals surface area contributed by atoms with E-state index in [0.717, 1.165) is 45.6 Å². The molecule has 4 aromatic rings. The number of rotatable bonds is 7. The Bertz CT molecular complexity index is 1160. The number of ether oxygens (including phenoxy) is 1. The average Bonchev–Trinajstić information content (AvgIpc) is 3.10. The molecule has 0 saturated heterocycles. The van der Waals surface area contributed by atoms with Gasteiger partial charge in [0.2, 0.25) is 0 Å². The van der Waals surface area contributed by atoms with E-state index in [-0.39, 0.29) is 0 Å². The van der Waals surface area contributed by atoms with Gasteiger partial charge < -0.3 is 9.30 Å². The molecule has 0 unspecified atom stereocenters. The molecule has 154 valence electrons. The first-order chi connectivity index (χ1) is 14.5. The second-order valence-electron chi connectivity index (χ2n) is 7.98. The minimum atomic E-state index is 0.446. The quantitative estimate of drug-likeness (QED) is 0.268. The van der Waals surface area contributed by atoms with Gasteiger partial charge in [-0.25, -0.2) is 4.98 Å². The second-order valence-corrected chi connectivity index (χ2v) is 8.90. The summed E-state index contributed by atoms with van der Waals surface area (Å²) in [6.07, 6.45) is 0.910. The van der Waals surface area contributed by atoms with Crippen LogP contribution in [0.1, 0.15) is 37.3 Å². The molecule has 0 saturated carbocycles. The summed E-state index contributed by atoms with van der Waals surface area (Å²) in [4.78, 5) is 4.91. The number of aryl methyl sites for hydroxylation is 2. The number of hydrogen-bond donors (Lipinski definition) is 0. The molecule has 3 aromatic carbocycles. The molecule has 1 aromatic heterocycles. The molecule has 0 aliphatic heterocycles. The molecule has 0 aliphatic carbocycles. The van der Waals surface area contributed by atoms with Crippen LogP contribution >= 0.6 is 15.9 Å². The fourth-order valence-electron chi connectivity index (χ4n) is 3.80. The van der Waals surface area contributed by atoms with E-state index in [1.807, 2.05) is 12.1 Å². The fourth-order valence-corrected chi connectivity index (χ4v) is 4.20. The van der Waals surface area contributed by atoms with Crippen LogP contribution in [0.3, 0.4) is 0 Å². The predicted molar refractivity (Wildman–Crippen MR) is 128 cm³/mol. The van der Waals surface area contributed by atoms with Crippen LogP contribution in [0.15, 0.2) is 71.2 Å². The van der Waals surface area contributed by atoms with Gasteiger partial charge in [-0.2, -0.15) is 0 Å². The molecule has 30 heavy (non-hydrogen) atoms. The molecular formula is C26H27BrN2O. The summed E-state index contributed by atoms with van der Waals surface area (Å²) in [6.45, 7) is 8.05. The van der Waals surface area contributed by atoms with Crippen molar-refractivity contribution in [1.82, 2.24) is 9.55 Å². The molecule has 0 fully saturated rings. The summed E-state index contributed by atoms with van der Waals surface area (Å²) in [7, 11) is 0. The highest BCUT2D eigenvalue weighted by Gasteiger charge is 2.13. The standard InChI is InChI=1S/C26H27BrN2O/c1-18(2)22-13-12-19(3)16-25(22)30-15-7-14-29-24-11-5-4-10-23(24)28-26(29)20-8-6-9-21(27)17-20/h4-6,8-13,16-18H,7,14-15H2,1-3H3. The molecule has 0 radical (unpaired) electrons. The van der Waals surface area contributed by atoms with Crippen molar-refractivity contribution in [3.8, 4) is 17.1 Å². The summed E-state index contributed by atoms with van der Waals surface area (Å²) in [5, 5.41) is 0. The highest BCUT2D eigenvalue weighted by molar-refractivity contribution is 9.10. The molecule has 0 amide bonds. The minimum Gasteiger partial charge on any atom is -0.493 e. The first kappa shape index (κ1) is 20.7. The van der Waals surface area contributed by atoms with Gasteiger partial charge >= 0.3 is 0 Å². The van der Waals surface area contributed by atoms with E-state index in [1.165, 1.54) is 11.1 Å². The maximum Gasteiger partial charge on any atom is 0.141 e. The molecule has 0 aliphatic rings. The molecule has 4 rings (SSSR count). The Labute approximate surface area is 186 Å². The van der Waals surface area contributed by atoms with E-state index in [1.54, 1.807) is 0 Å². The van der Waals surface area contributed by atoms with Gasteiger partial charge in [0.05, 0.1) is 17.6 Å². The molecule has 4 heteroatoms. The Morgan fingerprint density at radius 1 is 1.00 bits per heavy atom. The molecule has 0 bridgehead atoms. The second kappa shape index (κ2) is 9.05. The van der Waals surface area contributed by atoms with Crippen molar-refractivity contribution < 1.29 is 4.74 Å². The van der Waals surface area contributed by atoms with Gasteiger partial charge in [0, 0.05) is 16.6 Å². The molecule has 1 heterocycles. The first-order valence-corrected chi connectivity index (χ1v) is 11.3. The number of benzene rings is 3. The first-order valence-electron chi connectivity index (χ1n) is 10.5. The lowest BCUT2D eigenvalue weighted by atomic mass is 10.0. The van der Waals surface area contributed by atoms with Crippen LogP contribution in [0.5, 0.6) is 5.75 Å². The Balaban J connectivity index is 1.55. The maximum atomic E-state index is 6.21. The van der Waals surface area contributed by atoms with Crippen molar-refractivity contribution in [2.45, 2.75) is 39.7 Å². The van der Waals surface area contributed by atoms with Gasteiger partial charge in [-0.3, -0.25) is 0 Å². The zero-order valence-electron chi connectivity index (χ0n) is 17.7. The van der Waals surface area contributed by atoms with Crippen molar-refractivity contribution in [2.75, 3.05) is 6.61 Å². The molecular weight excluding hydrogens is 436 g/mol. The SMILES string of the molecule is Cc1ccc(C(C)C)c(OCCCn2c(-c3cccc(Br)c3)nc3ccccc32)c1. The molecule has 3 nitrogen and oxygen atoms in total. The lowest BCUT2D eigenvalue weighted by Crippen LogP contribution is -2.07. The third-order valence-corrected chi connectivity index (χ3v) is 5.81. The number of fused-ring (bicyclic) bond motifs is 1. The fraction of sp³-hybridized carbons (Fsp3) is 0.269. The lowest BCUT2D eigenvalue weighted by Gasteiger charge is -2.15. The summed E-state index contributed by atoms with van der Waals surface area (Å²) in [6, 6.07) is 23.1. The van der Waals surface area contributed by atoms with Crippen molar-refractivity contribution in [3.63, 3.8) is 0 Å². The topological polar surface area (TPSA) is 27.1 Å². The van der Waals surface area contributed by atoms with E-state index in [2.05, 4.69) is 95.9 Å². The summed E-state index contributed by atoms with van der Waals surface area (Å²) in [5.41, 5.74) is 5.79.